The summed E-state index contributed by atoms with van der Waals surface area (Å²) < 4.78 is 18.2. The van der Waals surface area contributed by atoms with Gasteiger partial charge in [-0.1, -0.05) is 12.1 Å². The van der Waals surface area contributed by atoms with E-state index in [0.717, 1.165) is 44.0 Å². The van der Waals surface area contributed by atoms with Gasteiger partial charge in [0, 0.05) is 39.8 Å². The molecule has 0 aromatic heterocycles. The van der Waals surface area contributed by atoms with E-state index in [0.29, 0.717) is 19.7 Å². The van der Waals surface area contributed by atoms with E-state index in [2.05, 4.69) is 15.2 Å². The van der Waals surface area contributed by atoms with Crippen molar-refractivity contribution in [2.24, 2.45) is 4.99 Å². The molecule has 2 rings (SSSR count). The second kappa shape index (κ2) is 11.9. The minimum Gasteiger partial charge on any atom is -0.450 e. The molecule has 1 amide bonds. The SMILES string of the molecule is CCOC(=O)N1CCN(C(=NC)NCCCc2cccc(F)c2)CC1.I. The molecule has 1 aromatic carbocycles. The van der Waals surface area contributed by atoms with Gasteiger partial charge in [0.15, 0.2) is 5.96 Å². The number of amides is 1. The third-order valence-corrected chi connectivity index (χ3v) is 4.13. The van der Waals surface area contributed by atoms with Crippen LogP contribution in [0.5, 0.6) is 0 Å². The highest BCUT2D eigenvalue weighted by Crippen LogP contribution is 2.07. The lowest BCUT2D eigenvalue weighted by molar-refractivity contribution is 0.0914. The second-order valence-electron chi connectivity index (χ2n) is 5.88. The number of aryl methyl sites for hydroxylation is 1. The smallest absolute Gasteiger partial charge is 0.409 e. The van der Waals surface area contributed by atoms with Crippen molar-refractivity contribution in [2.45, 2.75) is 19.8 Å². The molecule has 1 fully saturated rings. The number of piperazine rings is 1. The first-order valence-corrected chi connectivity index (χ1v) is 8.75. The number of halogens is 2. The highest BCUT2D eigenvalue weighted by atomic mass is 127. The predicted molar refractivity (Wildman–Crippen MR) is 112 cm³/mol. The monoisotopic (exact) mass is 478 g/mol. The van der Waals surface area contributed by atoms with Gasteiger partial charge in [-0.3, -0.25) is 4.99 Å². The lowest BCUT2D eigenvalue weighted by atomic mass is 10.1. The molecule has 0 aliphatic carbocycles. The first kappa shape index (κ1) is 22.5. The molecule has 8 heteroatoms. The van der Waals surface area contributed by atoms with Gasteiger partial charge in [-0.2, -0.15) is 0 Å². The molecule has 1 aliphatic heterocycles. The summed E-state index contributed by atoms with van der Waals surface area (Å²) in [5, 5.41) is 3.34. The van der Waals surface area contributed by atoms with Crippen molar-refractivity contribution in [1.82, 2.24) is 15.1 Å². The summed E-state index contributed by atoms with van der Waals surface area (Å²) in [4.78, 5) is 19.9. The zero-order chi connectivity index (χ0) is 18.1. The van der Waals surface area contributed by atoms with E-state index >= 15 is 0 Å². The molecule has 1 heterocycles. The largest absolute Gasteiger partial charge is 0.450 e. The van der Waals surface area contributed by atoms with E-state index in [1.807, 2.05) is 13.0 Å². The van der Waals surface area contributed by atoms with Gasteiger partial charge in [-0.15, -0.1) is 24.0 Å². The second-order valence-corrected chi connectivity index (χ2v) is 5.88. The molecule has 6 nitrogen and oxygen atoms in total. The average molecular weight is 478 g/mol. The third-order valence-electron chi connectivity index (χ3n) is 4.13. The Balaban J connectivity index is 0.00000338. The van der Waals surface area contributed by atoms with Crippen LogP contribution in [0.1, 0.15) is 18.9 Å². The molecule has 0 atom stereocenters. The van der Waals surface area contributed by atoms with Crippen molar-refractivity contribution >= 4 is 36.0 Å². The van der Waals surface area contributed by atoms with Crippen LogP contribution in [-0.4, -0.2) is 68.2 Å². The molecule has 0 radical (unpaired) electrons. The first-order valence-electron chi connectivity index (χ1n) is 8.75. The van der Waals surface area contributed by atoms with E-state index < -0.39 is 0 Å². The van der Waals surface area contributed by atoms with E-state index in [1.165, 1.54) is 6.07 Å². The Hall–Kier alpha value is -1.58. The van der Waals surface area contributed by atoms with Crippen molar-refractivity contribution < 1.29 is 13.9 Å². The van der Waals surface area contributed by atoms with Crippen LogP contribution >= 0.6 is 24.0 Å². The van der Waals surface area contributed by atoms with Gasteiger partial charge in [0.1, 0.15) is 5.82 Å². The molecule has 0 saturated carbocycles. The van der Waals surface area contributed by atoms with E-state index in [4.69, 9.17) is 4.74 Å². The Labute approximate surface area is 171 Å². The molecule has 0 bridgehead atoms. The zero-order valence-corrected chi connectivity index (χ0v) is 17.7. The Morgan fingerprint density at radius 2 is 1.96 bits per heavy atom. The summed E-state index contributed by atoms with van der Waals surface area (Å²) in [7, 11) is 1.76. The number of aliphatic imine (C=N–C) groups is 1. The Morgan fingerprint density at radius 1 is 1.27 bits per heavy atom. The Kier molecular flexibility index (Phi) is 10.3. The fourth-order valence-electron chi connectivity index (χ4n) is 2.83. The van der Waals surface area contributed by atoms with E-state index in [-0.39, 0.29) is 35.9 Å². The topological polar surface area (TPSA) is 57.2 Å². The van der Waals surface area contributed by atoms with Crippen LogP contribution in [0.4, 0.5) is 9.18 Å². The molecular weight excluding hydrogens is 450 g/mol. The molecule has 1 saturated heterocycles. The van der Waals surface area contributed by atoms with E-state index in [1.54, 1.807) is 24.1 Å². The van der Waals surface area contributed by atoms with Crippen molar-refractivity contribution in [3.8, 4) is 0 Å². The summed E-state index contributed by atoms with van der Waals surface area (Å²) in [6.45, 7) is 5.68. The van der Waals surface area contributed by atoms with Crippen LogP contribution in [0, 0.1) is 5.82 Å². The predicted octanol–water partition coefficient (Wildman–Crippen LogP) is 2.73. The molecule has 26 heavy (non-hydrogen) atoms. The lowest BCUT2D eigenvalue weighted by Crippen LogP contribution is -2.54. The minimum atomic E-state index is -0.250. The van der Waals surface area contributed by atoms with Crippen molar-refractivity contribution in [3.05, 3.63) is 35.6 Å². The third kappa shape index (κ3) is 6.97. The number of nitrogens with one attached hydrogen (secondary N) is 1. The number of ether oxygens (including phenoxy) is 1. The van der Waals surface area contributed by atoms with Crippen molar-refractivity contribution in [3.63, 3.8) is 0 Å². The van der Waals surface area contributed by atoms with Crippen molar-refractivity contribution in [2.75, 3.05) is 46.4 Å². The summed E-state index contributed by atoms with van der Waals surface area (Å²) in [6.07, 6.45) is 1.46. The van der Waals surface area contributed by atoms with Gasteiger partial charge in [0.05, 0.1) is 6.61 Å². The number of hydrogen-bond acceptors (Lipinski definition) is 3. The molecule has 0 spiro atoms. The number of guanidine groups is 1. The average Bonchev–Trinajstić information content (AvgIpc) is 2.62. The standard InChI is InChI=1S/C18H27FN4O2.HI/c1-3-25-18(24)23-12-10-22(11-13-23)17(20-2)21-9-5-7-15-6-4-8-16(19)14-15;/h4,6,8,14H,3,5,7,9-13H2,1-2H3,(H,20,21);1H. The fourth-order valence-corrected chi connectivity index (χ4v) is 2.83. The number of carbonyl (C=O) groups is 1. The minimum absolute atomic E-state index is 0. The Morgan fingerprint density at radius 3 is 2.58 bits per heavy atom. The summed E-state index contributed by atoms with van der Waals surface area (Å²) >= 11 is 0. The quantitative estimate of drug-likeness (QED) is 0.306. The van der Waals surface area contributed by atoms with Gasteiger partial charge in [-0.25, -0.2) is 9.18 Å². The maximum absolute atomic E-state index is 13.2. The summed E-state index contributed by atoms with van der Waals surface area (Å²) in [5.41, 5.74) is 1.000. The van der Waals surface area contributed by atoms with Gasteiger partial charge in [0.2, 0.25) is 0 Å². The number of carbonyl (C=O) groups excluding carboxylic acids is 1. The van der Waals surface area contributed by atoms with Crippen LogP contribution in [0.2, 0.25) is 0 Å². The number of hydrogen-bond donors (Lipinski definition) is 1. The highest BCUT2D eigenvalue weighted by molar-refractivity contribution is 14.0. The number of nitrogens with zero attached hydrogens (tertiary/aromatic N) is 3. The van der Waals surface area contributed by atoms with Gasteiger partial charge in [0.25, 0.3) is 0 Å². The number of rotatable bonds is 5. The molecular formula is C18H28FIN4O2. The van der Waals surface area contributed by atoms with Gasteiger partial charge in [-0.05, 0) is 37.5 Å². The zero-order valence-electron chi connectivity index (χ0n) is 15.4. The van der Waals surface area contributed by atoms with Crippen LogP contribution in [-0.2, 0) is 11.2 Å². The summed E-state index contributed by atoms with van der Waals surface area (Å²) in [6, 6.07) is 6.70. The van der Waals surface area contributed by atoms with Crippen LogP contribution in [0.3, 0.4) is 0 Å². The lowest BCUT2D eigenvalue weighted by Gasteiger charge is -2.35. The van der Waals surface area contributed by atoms with Crippen molar-refractivity contribution in [1.29, 1.82) is 0 Å². The first-order chi connectivity index (χ1) is 12.1. The Bertz CT molecular complexity index is 592. The maximum atomic E-state index is 13.2. The van der Waals surface area contributed by atoms with Crippen LogP contribution in [0.15, 0.2) is 29.3 Å². The van der Waals surface area contributed by atoms with Gasteiger partial charge < -0.3 is 19.9 Å². The molecule has 1 aromatic rings. The van der Waals surface area contributed by atoms with Crippen LogP contribution < -0.4 is 5.32 Å². The van der Waals surface area contributed by atoms with Gasteiger partial charge >= 0.3 is 6.09 Å². The maximum Gasteiger partial charge on any atom is 0.409 e. The fraction of sp³-hybridized carbons (Fsp3) is 0.556. The normalized spacial score (nSPS) is 14.7. The number of benzene rings is 1. The van der Waals surface area contributed by atoms with E-state index in [9.17, 15) is 9.18 Å². The molecule has 146 valence electrons. The molecule has 1 N–H and O–H groups in total. The summed E-state index contributed by atoms with van der Waals surface area (Å²) in [5.74, 6) is 0.642. The molecule has 1 aliphatic rings. The van der Waals surface area contributed by atoms with Crippen LogP contribution in [0.25, 0.3) is 0 Å². The molecule has 0 unspecified atom stereocenters. The highest BCUT2D eigenvalue weighted by Gasteiger charge is 2.23.